The van der Waals surface area contributed by atoms with Gasteiger partial charge in [-0.05, 0) is 11.6 Å². The highest BCUT2D eigenvalue weighted by Crippen LogP contribution is 2.46. The molecule has 1 saturated heterocycles. The number of nitrogen functional groups attached to an aromatic ring is 1. The van der Waals surface area contributed by atoms with Crippen LogP contribution in [-0.2, 0) is 10.3 Å². The van der Waals surface area contributed by atoms with E-state index < -0.39 is 30.6 Å². The third-order valence-corrected chi connectivity index (χ3v) is 4.69. The molecule has 3 aromatic rings. The fraction of sp³-hybridized carbons (Fsp3) is 0.294. The predicted molar refractivity (Wildman–Crippen MR) is 89.3 cm³/mol. The van der Waals surface area contributed by atoms with E-state index in [1.165, 1.54) is 6.33 Å². The summed E-state index contributed by atoms with van der Waals surface area (Å²) in [6, 6.07) is 10.5. The van der Waals surface area contributed by atoms with E-state index in [9.17, 15) is 15.3 Å². The molecular formula is C17H18N4O4. The zero-order chi connectivity index (χ0) is 17.6. The summed E-state index contributed by atoms with van der Waals surface area (Å²) in [5, 5.41) is 32.2. The van der Waals surface area contributed by atoms with Gasteiger partial charge in [0.15, 0.2) is 11.8 Å². The number of aromatic nitrogens is 3. The summed E-state index contributed by atoms with van der Waals surface area (Å²) in [5.41, 5.74) is 5.06. The van der Waals surface area contributed by atoms with Gasteiger partial charge in [0.05, 0.1) is 12.0 Å². The van der Waals surface area contributed by atoms with E-state index >= 15 is 0 Å². The fourth-order valence-electron chi connectivity index (χ4n) is 3.39. The maximum absolute atomic E-state index is 11.4. The van der Waals surface area contributed by atoms with Crippen molar-refractivity contribution in [3.05, 3.63) is 54.5 Å². The van der Waals surface area contributed by atoms with Gasteiger partial charge < -0.3 is 30.4 Å². The molecule has 4 rings (SSSR count). The fourth-order valence-corrected chi connectivity index (χ4v) is 3.39. The molecule has 4 unspecified atom stereocenters. The molecule has 8 heteroatoms. The molecule has 1 aliphatic rings. The molecule has 4 atom stereocenters. The Morgan fingerprint density at radius 3 is 2.68 bits per heavy atom. The molecule has 1 aliphatic heterocycles. The second kappa shape index (κ2) is 5.78. The molecule has 2 aromatic heterocycles. The van der Waals surface area contributed by atoms with Gasteiger partial charge in [-0.15, -0.1) is 0 Å². The standard InChI is InChI=1S/C17H18N4O4/c18-14-11-6-7-21(15(11)20-9-19-14)16-17(24,10-4-2-1-3-5-10)13(23)12(8-22)25-16/h1-7,9,12-13,16,22-24H,8H2,(H2,18,19,20). The number of aliphatic hydroxyl groups excluding tert-OH is 2. The topological polar surface area (TPSA) is 127 Å². The van der Waals surface area contributed by atoms with Crippen LogP contribution in [0.25, 0.3) is 11.0 Å². The van der Waals surface area contributed by atoms with Crippen molar-refractivity contribution < 1.29 is 20.1 Å². The second-order valence-corrected chi connectivity index (χ2v) is 6.06. The molecule has 1 fully saturated rings. The lowest BCUT2D eigenvalue weighted by Crippen LogP contribution is -2.44. The molecule has 25 heavy (non-hydrogen) atoms. The first kappa shape index (κ1) is 16.0. The minimum absolute atomic E-state index is 0.309. The lowest BCUT2D eigenvalue weighted by Gasteiger charge is -2.32. The summed E-state index contributed by atoms with van der Waals surface area (Å²) >= 11 is 0. The van der Waals surface area contributed by atoms with Crippen LogP contribution >= 0.6 is 0 Å². The highest BCUT2D eigenvalue weighted by molar-refractivity contribution is 5.86. The molecule has 130 valence electrons. The van der Waals surface area contributed by atoms with Crippen molar-refractivity contribution in [2.24, 2.45) is 0 Å². The zero-order valence-corrected chi connectivity index (χ0v) is 13.2. The smallest absolute Gasteiger partial charge is 0.171 e. The van der Waals surface area contributed by atoms with Crippen molar-refractivity contribution in [3.63, 3.8) is 0 Å². The monoisotopic (exact) mass is 342 g/mol. The lowest BCUT2D eigenvalue weighted by atomic mass is 9.86. The molecular weight excluding hydrogens is 324 g/mol. The van der Waals surface area contributed by atoms with E-state index in [1.54, 1.807) is 41.1 Å². The van der Waals surface area contributed by atoms with Gasteiger partial charge >= 0.3 is 0 Å². The Morgan fingerprint density at radius 1 is 1.20 bits per heavy atom. The number of nitrogens with two attached hydrogens (primary N) is 1. The summed E-state index contributed by atoms with van der Waals surface area (Å²) in [5.74, 6) is 0.309. The van der Waals surface area contributed by atoms with Crippen molar-refractivity contribution in [1.82, 2.24) is 14.5 Å². The van der Waals surface area contributed by atoms with Crippen LogP contribution in [0.3, 0.4) is 0 Å². The number of hydrogen-bond donors (Lipinski definition) is 4. The van der Waals surface area contributed by atoms with Crippen LogP contribution in [0.5, 0.6) is 0 Å². The maximum Gasteiger partial charge on any atom is 0.171 e. The van der Waals surface area contributed by atoms with Crippen LogP contribution in [-0.4, -0.2) is 48.7 Å². The van der Waals surface area contributed by atoms with Gasteiger partial charge in [-0.2, -0.15) is 0 Å². The Labute approximate surface area is 143 Å². The Balaban J connectivity index is 1.90. The van der Waals surface area contributed by atoms with Gasteiger partial charge in [0.25, 0.3) is 0 Å². The molecule has 0 aliphatic carbocycles. The highest BCUT2D eigenvalue weighted by atomic mass is 16.6. The van der Waals surface area contributed by atoms with Crippen molar-refractivity contribution >= 4 is 16.9 Å². The van der Waals surface area contributed by atoms with E-state index in [0.29, 0.717) is 22.4 Å². The molecule has 8 nitrogen and oxygen atoms in total. The SMILES string of the molecule is Nc1ncnc2c1ccn2C1OC(CO)C(O)C1(O)c1ccccc1. The Hall–Kier alpha value is -2.52. The first-order valence-electron chi connectivity index (χ1n) is 7.86. The molecule has 0 saturated carbocycles. The van der Waals surface area contributed by atoms with E-state index in [0.717, 1.165) is 0 Å². The van der Waals surface area contributed by atoms with Crippen molar-refractivity contribution in [2.75, 3.05) is 12.3 Å². The molecule has 0 amide bonds. The summed E-state index contributed by atoms with van der Waals surface area (Å²) < 4.78 is 7.39. The molecule has 1 aromatic carbocycles. The van der Waals surface area contributed by atoms with Crippen LogP contribution in [0.4, 0.5) is 5.82 Å². The quantitative estimate of drug-likeness (QED) is 0.534. The first-order valence-corrected chi connectivity index (χ1v) is 7.86. The zero-order valence-electron chi connectivity index (χ0n) is 13.2. The molecule has 0 bridgehead atoms. The number of nitrogens with zero attached hydrogens (tertiary/aromatic N) is 3. The number of hydrogen-bond acceptors (Lipinski definition) is 7. The number of aliphatic hydroxyl groups is 3. The van der Waals surface area contributed by atoms with Crippen LogP contribution in [0.15, 0.2) is 48.9 Å². The van der Waals surface area contributed by atoms with E-state index in [-0.39, 0.29) is 0 Å². The van der Waals surface area contributed by atoms with Crippen molar-refractivity contribution in [1.29, 1.82) is 0 Å². The van der Waals surface area contributed by atoms with E-state index in [4.69, 9.17) is 10.5 Å². The van der Waals surface area contributed by atoms with Crippen LogP contribution < -0.4 is 5.73 Å². The Kier molecular flexibility index (Phi) is 3.69. The maximum atomic E-state index is 11.4. The van der Waals surface area contributed by atoms with Crippen LogP contribution in [0.1, 0.15) is 11.8 Å². The average Bonchev–Trinajstić information content (AvgIpc) is 3.17. The second-order valence-electron chi connectivity index (χ2n) is 6.06. The van der Waals surface area contributed by atoms with Crippen LogP contribution in [0.2, 0.25) is 0 Å². The van der Waals surface area contributed by atoms with Gasteiger partial charge in [0.1, 0.15) is 30.0 Å². The summed E-state index contributed by atoms with van der Waals surface area (Å²) in [6.45, 7) is -0.427. The lowest BCUT2D eigenvalue weighted by molar-refractivity contribution is -0.113. The summed E-state index contributed by atoms with van der Waals surface area (Å²) in [6.07, 6.45) is -0.256. The predicted octanol–water partition coefficient (Wildman–Crippen LogP) is 0.152. The van der Waals surface area contributed by atoms with Gasteiger partial charge in [-0.1, -0.05) is 30.3 Å². The third kappa shape index (κ3) is 2.23. The molecule has 5 N–H and O–H groups in total. The van der Waals surface area contributed by atoms with E-state index in [2.05, 4.69) is 9.97 Å². The van der Waals surface area contributed by atoms with Gasteiger partial charge in [0, 0.05) is 6.20 Å². The normalized spacial score (nSPS) is 29.3. The molecule has 3 heterocycles. The number of ether oxygens (including phenoxy) is 1. The molecule has 0 radical (unpaired) electrons. The van der Waals surface area contributed by atoms with Gasteiger partial charge in [-0.25, -0.2) is 9.97 Å². The first-order chi connectivity index (χ1) is 12.1. The Bertz CT molecular complexity index is 900. The van der Waals surface area contributed by atoms with Crippen LogP contribution in [0, 0.1) is 0 Å². The number of benzene rings is 1. The summed E-state index contributed by atoms with van der Waals surface area (Å²) in [4.78, 5) is 8.17. The Morgan fingerprint density at radius 2 is 1.96 bits per heavy atom. The summed E-state index contributed by atoms with van der Waals surface area (Å²) in [7, 11) is 0. The van der Waals surface area contributed by atoms with Crippen molar-refractivity contribution in [3.8, 4) is 0 Å². The largest absolute Gasteiger partial charge is 0.394 e. The highest BCUT2D eigenvalue weighted by Gasteiger charge is 2.57. The van der Waals surface area contributed by atoms with Crippen molar-refractivity contribution in [2.45, 2.75) is 24.0 Å². The van der Waals surface area contributed by atoms with Gasteiger partial charge in [-0.3, -0.25) is 0 Å². The minimum atomic E-state index is -1.76. The number of anilines is 1. The van der Waals surface area contributed by atoms with Gasteiger partial charge in [0.2, 0.25) is 0 Å². The molecule has 0 spiro atoms. The number of fused-ring (bicyclic) bond motifs is 1. The minimum Gasteiger partial charge on any atom is -0.394 e. The number of rotatable bonds is 3. The third-order valence-electron chi connectivity index (χ3n) is 4.69. The average molecular weight is 342 g/mol. The van der Waals surface area contributed by atoms with E-state index in [1.807, 2.05) is 6.07 Å².